The summed E-state index contributed by atoms with van der Waals surface area (Å²) in [5.74, 6) is 1.75. The number of thiophene rings is 1. The maximum absolute atomic E-state index is 13.4. The molecule has 0 atom stereocenters. The number of nitrogens with zero attached hydrogens (tertiary/aromatic N) is 5. The molecule has 0 radical (unpaired) electrons. The van der Waals surface area contributed by atoms with E-state index in [1.54, 1.807) is 21.7 Å². The Hall–Kier alpha value is -2.11. The van der Waals surface area contributed by atoms with E-state index in [9.17, 15) is 8.42 Å². The van der Waals surface area contributed by atoms with E-state index in [1.165, 1.54) is 10.4 Å². The molecule has 0 N–H and O–H groups in total. The van der Waals surface area contributed by atoms with Crippen molar-refractivity contribution in [3.63, 3.8) is 0 Å². The number of rotatable bonds is 5. The second-order valence-electron chi connectivity index (χ2n) is 9.48. The van der Waals surface area contributed by atoms with E-state index < -0.39 is 10.0 Å². The lowest BCUT2D eigenvalue weighted by Gasteiger charge is -2.35. The van der Waals surface area contributed by atoms with E-state index in [4.69, 9.17) is 14.7 Å². The lowest BCUT2D eigenvalue weighted by molar-refractivity contribution is 0.0331. The molecule has 5 rings (SSSR count). The number of aryl methyl sites for hydroxylation is 4. The van der Waals surface area contributed by atoms with Crippen LogP contribution in [0.5, 0.6) is 0 Å². The Morgan fingerprint density at radius 2 is 1.69 bits per heavy atom. The molecule has 188 valence electrons. The smallest absolute Gasteiger partial charge is 0.243 e. The number of fused-ring (bicyclic) bond motifs is 1. The van der Waals surface area contributed by atoms with Crippen LogP contribution in [0.15, 0.2) is 23.1 Å². The van der Waals surface area contributed by atoms with Crippen LogP contribution < -0.4 is 4.90 Å². The van der Waals surface area contributed by atoms with Gasteiger partial charge in [0.05, 0.1) is 30.0 Å². The van der Waals surface area contributed by atoms with Gasteiger partial charge in [0.25, 0.3) is 0 Å². The van der Waals surface area contributed by atoms with Gasteiger partial charge in [-0.2, -0.15) is 4.31 Å². The summed E-state index contributed by atoms with van der Waals surface area (Å²) >= 11 is 1.71. The maximum atomic E-state index is 13.4. The molecular formula is C25H33N5O3S2. The zero-order valence-corrected chi connectivity index (χ0v) is 22.5. The van der Waals surface area contributed by atoms with E-state index in [2.05, 4.69) is 23.6 Å². The van der Waals surface area contributed by atoms with Crippen molar-refractivity contribution in [2.24, 2.45) is 0 Å². The minimum Gasteiger partial charge on any atom is -0.379 e. The van der Waals surface area contributed by atoms with Crippen molar-refractivity contribution in [2.45, 2.75) is 39.1 Å². The minimum absolute atomic E-state index is 0.401. The van der Waals surface area contributed by atoms with Crippen LogP contribution in [0.2, 0.25) is 0 Å². The summed E-state index contributed by atoms with van der Waals surface area (Å²) in [4.78, 5) is 17.2. The monoisotopic (exact) mass is 515 g/mol. The molecule has 2 fully saturated rings. The Labute approximate surface area is 211 Å². The van der Waals surface area contributed by atoms with Crippen LogP contribution in [0.1, 0.15) is 27.4 Å². The maximum Gasteiger partial charge on any atom is 0.243 e. The zero-order valence-electron chi connectivity index (χ0n) is 20.9. The molecule has 1 aromatic carbocycles. The fourth-order valence-corrected chi connectivity index (χ4v) is 7.57. The topological polar surface area (TPSA) is 78.9 Å². The molecule has 2 saturated heterocycles. The van der Waals surface area contributed by atoms with Gasteiger partial charge in [-0.15, -0.1) is 11.3 Å². The van der Waals surface area contributed by atoms with Gasteiger partial charge in [0.2, 0.25) is 10.0 Å². The molecular weight excluding hydrogens is 482 g/mol. The summed E-state index contributed by atoms with van der Waals surface area (Å²) < 4.78 is 33.8. The molecule has 3 aromatic rings. The third-order valence-corrected chi connectivity index (χ3v) is 10.2. The van der Waals surface area contributed by atoms with E-state index in [0.29, 0.717) is 37.6 Å². The summed E-state index contributed by atoms with van der Waals surface area (Å²) in [6, 6.07) is 5.53. The Morgan fingerprint density at radius 1 is 0.971 bits per heavy atom. The lowest BCUT2D eigenvalue weighted by Crippen LogP contribution is -2.49. The molecule has 4 heterocycles. The van der Waals surface area contributed by atoms with Crippen LogP contribution in [0, 0.1) is 27.7 Å². The first-order valence-electron chi connectivity index (χ1n) is 12.1. The Balaban J connectivity index is 1.41. The van der Waals surface area contributed by atoms with Gasteiger partial charge in [0, 0.05) is 44.1 Å². The molecule has 35 heavy (non-hydrogen) atoms. The number of benzene rings is 1. The summed E-state index contributed by atoms with van der Waals surface area (Å²) in [6.07, 6.45) is 0. The van der Waals surface area contributed by atoms with Crippen molar-refractivity contribution >= 4 is 37.4 Å². The molecule has 2 aliphatic rings. The highest BCUT2D eigenvalue weighted by atomic mass is 32.2. The highest BCUT2D eigenvalue weighted by Crippen LogP contribution is 2.36. The molecule has 8 nitrogen and oxygen atoms in total. The standard InChI is InChI=1S/C25H33N5O3S2/c1-17-5-6-21(18(2)15-17)35(31,32)30-9-7-29(8-10-30)24-23-19(3)20(4)34-25(23)27-22(26-24)16-28-11-13-33-14-12-28/h5-6,15H,7-14,16H2,1-4H3. The number of sulfonamides is 1. The predicted molar refractivity (Wildman–Crippen MR) is 140 cm³/mol. The van der Waals surface area contributed by atoms with Gasteiger partial charge >= 0.3 is 0 Å². The van der Waals surface area contributed by atoms with Gasteiger partial charge in [-0.05, 0) is 44.9 Å². The first-order chi connectivity index (χ1) is 16.7. The average Bonchev–Trinajstić information content (AvgIpc) is 3.12. The van der Waals surface area contributed by atoms with Gasteiger partial charge in [0.1, 0.15) is 16.5 Å². The van der Waals surface area contributed by atoms with Crippen molar-refractivity contribution in [2.75, 3.05) is 57.4 Å². The SMILES string of the molecule is Cc1ccc(S(=O)(=O)N2CCN(c3nc(CN4CCOCC4)nc4sc(C)c(C)c34)CC2)c(C)c1. The third-order valence-electron chi connectivity index (χ3n) is 7.01. The van der Waals surface area contributed by atoms with E-state index >= 15 is 0 Å². The predicted octanol–water partition coefficient (Wildman–Crippen LogP) is 3.27. The van der Waals surface area contributed by atoms with Crippen molar-refractivity contribution in [1.82, 2.24) is 19.2 Å². The first kappa shape index (κ1) is 24.6. The van der Waals surface area contributed by atoms with E-state index in [0.717, 1.165) is 59.3 Å². The molecule has 0 saturated carbocycles. The second kappa shape index (κ2) is 9.74. The number of morpholine rings is 1. The number of anilines is 1. The number of aromatic nitrogens is 2. The molecule has 10 heteroatoms. The van der Waals surface area contributed by atoms with E-state index in [1.807, 2.05) is 26.0 Å². The van der Waals surface area contributed by atoms with Gasteiger partial charge in [-0.1, -0.05) is 17.7 Å². The number of hydrogen-bond acceptors (Lipinski definition) is 8. The molecule has 2 aliphatic heterocycles. The Morgan fingerprint density at radius 3 is 2.37 bits per heavy atom. The summed E-state index contributed by atoms with van der Waals surface area (Å²) in [5.41, 5.74) is 3.07. The normalized spacial score (nSPS) is 18.5. The van der Waals surface area contributed by atoms with E-state index in [-0.39, 0.29) is 0 Å². The Kier molecular flexibility index (Phi) is 6.84. The van der Waals surface area contributed by atoms with Crippen LogP contribution in [-0.4, -0.2) is 80.1 Å². The second-order valence-corrected chi connectivity index (χ2v) is 12.6. The van der Waals surface area contributed by atoms with Crippen LogP contribution in [0.3, 0.4) is 0 Å². The fraction of sp³-hybridized carbons (Fsp3) is 0.520. The molecule has 0 aliphatic carbocycles. The lowest BCUT2D eigenvalue weighted by atomic mass is 10.2. The van der Waals surface area contributed by atoms with Gasteiger partial charge in [-0.25, -0.2) is 18.4 Å². The number of piperazine rings is 1. The number of ether oxygens (including phenoxy) is 1. The van der Waals surface area contributed by atoms with Crippen LogP contribution in [-0.2, 0) is 21.3 Å². The molecule has 0 unspecified atom stereocenters. The van der Waals surface area contributed by atoms with Crippen molar-refractivity contribution in [1.29, 1.82) is 0 Å². The van der Waals surface area contributed by atoms with Crippen molar-refractivity contribution in [3.05, 3.63) is 45.6 Å². The quantitative estimate of drug-likeness (QED) is 0.516. The van der Waals surface area contributed by atoms with Crippen molar-refractivity contribution in [3.8, 4) is 0 Å². The van der Waals surface area contributed by atoms with Crippen molar-refractivity contribution < 1.29 is 13.2 Å². The molecule has 0 spiro atoms. The minimum atomic E-state index is -3.53. The van der Waals surface area contributed by atoms with Crippen LogP contribution >= 0.6 is 11.3 Å². The molecule has 0 bridgehead atoms. The fourth-order valence-electron chi connectivity index (χ4n) is 4.90. The van der Waals surface area contributed by atoms with Gasteiger partial charge in [-0.3, -0.25) is 4.90 Å². The molecule has 2 aromatic heterocycles. The average molecular weight is 516 g/mol. The van der Waals surface area contributed by atoms with Gasteiger partial charge in [0.15, 0.2) is 0 Å². The van der Waals surface area contributed by atoms with Crippen LogP contribution in [0.4, 0.5) is 5.82 Å². The summed E-state index contributed by atoms with van der Waals surface area (Å²) in [5, 5.41) is 1.10. The molecule has 0 amide bonds. The highest BCUT2D eigenvalue weighted by Gasteiger charge is 2.31. The Bertz CT molecular complexity index is 1340. The largest absolute Gasteiger partial charge is 0.379 e. The third kappa shape index (κ3) is 4.82. The van der Waals surface area contributed by atoms with Crippen LogP contribution in [0.25, 0.3) is 10.2 Å². The first-order valence-corrected chi connectivity index (χ1v) is 14.4. The number of hydrogen-bond donors (Lipinski definition) is 0. The highest BCUT2D eigenvalue weighted by molar-refractivity contribution is 7.89. The summed E-state index contributed by atoms with van der Waals surface area (Å²) in [7, 11) is -3.53. The summed E-state index contributed by atoms with van der Waals surface area (Å²) in [6.45, 7) is 14.1. The zero-order chi connectivity index (χ0) is 24.7. The van der Waals surface area contributed by atoms with Gasteiger partial charge < -0.3 is 9.64 Å².